The van der Waals surface area contributed by atoms with Gasteiger partial charge in [-0.3, -0.25) is 13.9 Å². The van der Waals surface area contributed by atoms with Gasteiger partial charge in [0.05, 0.1) is 10.6 Å². The number of benzene rings is 3. The summed E-state index contributed by atoms with van der Waals surface area (Å²) in [5.74, 6) is -0.876. The van der Waals surface area contributed by atoms with Crippen LogP contribution in [0.15, 0.2) is 83.8 Å². The van der Waals surface area contributed by atoms with Crippen LogP contribution in [0.3, 0.4) is 0 Å². The molecule has 0 radical (unpaired) electrons. The predicted molar refractivity (Wildman–Crippen MR) is 142 cm³/mol. The number of amides is 2. The van der Waals surface area contributed by atoms with Crippen LogP contribution < -0.4 is 9.62 Å². The Balaban J connectivity index is 2.01. The van der Waals surface area contributed by atoms with E-state index in [9.17, 15) is 18.0 Å². The third-order valence-corrected chi connectivity index (χ3v) is 7.91. The summed E-state index contributed by atoms with van der Waals surface area (Å²) in [6, 6.07) is 21.1. The molecule has 0 bridgehead atoms. The molecule has 0 aliphatic carbocycles. The van der Waals surface area contributed by atoms with Crippen molar-refractivity contribution in [1.29, 1.82) is 0 Å². The van der Waals surface area contributed by atoms with Crippen molar-refractivity contribution in [1.82, 2.24) is 10.2 Å². The second-order valence-corrected chi connectivity index (χ2v) is 10.6. The van der Waals surface area contributed by atoms with E-state index >= 15 is 0 Å². The Hall–Kier alpha value is -3.36. The number of aryl methyl sites for hydroxylation is 1. The van der Waals surface area contributed by atoms with Crippen LogP contribution in [-0.2, 0) is 26.2 Å². The fraction of sp³-hybridized carbons (Fsp3) is 0.259. The Bertz CT molecular complexity index is 1300. The fourth-order valence-corrected chi connectivity index (χ4v) is 5.28. The number of hydrogen-bond donors (Lipinski definition) is 1. The smallest absolute Gasteiger partial charge is 0.264 e. The number of para-hydroxylation sites is 1. The number of carbonyl (C=O) groups is 2. The van der Waals surface area contributed by atoms with Gasteiger partial charge < -0.3 is 10.2 Å². The number of likely N-dealkylation sites (N-methyl/N-ethyl adjacent to an activating group) is 1. The van der Waals surface area contributed by atoms with E-state index in [1.165, 1.54) is 17.0 Å². The predicted octanol–water partition coefficient (Wildman–Crippen LogP) is 4.40. The molecular formula is C27H30ClN3O4S. The van der Waals surface area contributed by atoms with Crippen LogP contribution in [0.25, 0.3) is 0 Å². The minimum absolute atomic E-state index is 0.0457. The van der Waals surface area contributed by atoms with Crippen molar-refractivity contribution < 1.29 is 18.0 Å². The van der Waals surface area contributed by atoms with Gasteiger partial charge in [-0.05, 0) is 56.7 Å². The summed E-state index contributed by atoms with van der Waals surface area (Å²) >= 11 is 6.34. The molecule has 0 aliphatic heterocycles. The Morgan fingerprint density at radius 2 is 1.56 bits per heavy atom. The molecular weight excluding hydrogens is 498 g/mol. The molecule has 0 saturated heterocycles. The molecule has 0 spiro atoms. The molecule has 0 aromatic heterocycles. The molecule has 3 aromatic rings. The summed E-state index contributed by atoms with van der Waals surface area (Å²) in [5, 5.41) is 3.18. The van der Waals surface area contributed by atoms with Crippen LogP contribution in [-0.4, -0.2) is 44.3 Å². The lowest BCUT2D eigenvalue weighted by atomic mass is 10.1. The van der Waals surface area contributed by atoms with Crippen LogP contribution in [0, 0.1) is 6.92 Å². The van der Waals surface area contributed by atoms with E-state index < -0.39 is 28.5 Å². The minimum Gasteiger partial charge on any atom is -0.355 e. The zero-order valence-electron chi connectivity index (χ0n) is 20.5. The molecule has 2 amide bonds. The first-order valence-corrected chi connectivity index (χ1v) is 13.4. The third kappa shape index (κ3) is 6.44. The quantitative estimate of drug-likeness (QED) is 0.423. The Labute approximate surface area is 217 Å². The maximum absolute atomic E-state index is 13.7. The van der Waals surface area contributed by atoms with Crippen molar-refractivity contribution in [2.24, 2.45) is 0 Å². The highest BCUT2D eigenvalue weighted by Gasteiger charge is 2.32. The van der Waals surface area contributed by atoms with Crippen LogP contribution in [0.2, 0.25) is 5.02 Å². The molecule has 3 aromatic carbocycles. The van der Waals surface area contributed by atoms with Crippen LogP contribution >= 0.6 is 11.6 Å². The van der Waals surface area contributed by atoms with Crippen LogP contribution in [0.5, 0.6) is 0 Å². The lowest BCUT2D eigenvalue weighted by Crippen LogP contribution is -2.51. The van der Waals surface area contributed by atoms with E-state index in [2.05, 4.69) is 5.32 Å². The van der Waals surface area contributed by atoms with Gasteiger partial charge in [0.2, 0.25) is 11.8 Å². The molecule has 0 fully saturated rings. The van der Waals surface area contributed by atoms with Gasteiger partial charge in [-0.1, -0.05) is 65.7 Å². The van der Waals surface area contributed by atoms with Crippen LogP contribution in [0.1, 0.15) is 25.0 Å². The van der Waals surface area contributed by atoms with Gasteiger partial charge in [0, 0.05) is 18.1 Å². The number of nitrogens with zero attached hydrogens (tertiary/aromatic N) is 2. The van der Waals surface area contributed by atoms with Crippen molar-refractivity contribution in [3.05, 3.63) is 95.0 Å². The lowest BCUT2D eigenvalue weighted by Gasteiger charge is -2.32. The summed E-state index contributed by atoms with van der Waals surface area (Å²) in [7, 11) is -4.08. The van der Waals surface area contributed by atoms with Gasteiger partial charge in [-0.15, -0.1) is 0 Å². The molecule has 1 N–H and O–H groups in total. The minimum atomic E-state index is -4.08. The van der Waals surface area contributed by atoms with Gasteiger partial charge in [0.25, 0.3) is 10.0 Å². The molecule has 190 valence electrons. The zero-order valence-corrected chi connectivity index (χ0v) is 22.1. The van der Waals surface area contributed by atoms with Gasteiger partial charge in [0.1, 0.15) is 12.6 Å². The monoisotopic (exact) mass is 527 g/mol. The topological polar surface area (TPSA) is 86.8 Å². The average Bonchev–Trinajstić information content (AvgIpc) is 2.87. The standard InChI is InChI=1S/C27H30ClN3O4S/c1-4-29-27(33)21(3)30(18-22-10-8-9-13-25(22)28)26(32)19-31(23-11-6-5-7-12-23)36(34,35)24-16-14-20(2)15-17-24/h5-17,21H,4,18-19H2,1-3H3,(H,29,33)/t21-/m1/s1. The third-order valence-electron chi connectivity index (χ3n) is 5.75. The highest BCUT2D eigenvalue weighted by molar-refractivity contribution is 7.92. The number of carbonyl (C=O) groups excluding carboxylic acids is 2. The molecule has 36 heavy (non-hydrogen) atoms. The van der Waals surface area contributed by atoms with Crippen LogP contribution in [0.4, 0.5) is 5.69 Å². The maximum Gasteiger partial charge on any atom is 0.264 e. The van der Waals surface area contributed by atoms with Crippen molar-refractivity contribution in [2.45, 2.75) is 38.3 Å². The Morgan fingerprint density at radius 3 is 2.17 bits per heavy atom. The van der Waals surface area contributed by atoms with Gasteiger partial charge in [-0.2, -0.15) is 0 Å². The molecule has 0 unspecified atom stereocenters. The number of hydrogen-bond acceptors (Lipinski definition) is 4. The van der Waals surface area contributed by atoms with E-state index in [1.807, 2.05) is 6.92 Å². The highest BCUT2D eigenvalue weighted by Crippen LogP contribution is 2.25. The first-order valence-electron chi connectivity index (χ1n) is 11.6. The molecule has 7 nitrogen and oxygen atoms in total. The summed E-state index contributed by atoms with van der Waals surface area (Å²) in [4.78, 5) is 27.8. The van der Waals surface area contributed by atoms with Gasteiger partial charge in [0.15, 0.2) is 0 Å². The summed E-state index contributed by atoms with van der Waals surface area (Å²) in [5.41, 5.74) is 1.91. The number of sulfonamides is 1. The molecule has 9 heteroatoms. The maximum atomic E-state index is 13.7. The number of halogens is 1. The number of rotatable bonds is 10. The summed E-state index contributed by atoms with van der Waals surface area (Å²) in [6.07, 6.45) is 0. The molecule has 3 rings (SSSR count). The molecule has 1 atom stereocenters. The number of nitrogens with one attached hydrogen (secondary N) is 1. The Morgan fingerprint density at radius 1 is 0.944 bits per heavy atom. The van der Waals surface area contributed by atoms with E-state index in [4.69, 9.17) is 11.6 Å². The molecule has 0 saturated carbocycles. The first-order chi connectivity index (χ1) is 17.1. The van der Waals surface area contributed by atoms with Gasteiger partial charge >= 0.3 is 0 Å². The van der Waals surface area contributed by atoms with Crippen molar-refractivity contribution in [3.8, 4) is 0 Å². The van der Waals surface area contributed by atoms with E-state index in [0.717, 1.165) is 9.87 Å². The lowest BCUT2D eigenvalue weighted by molar-refractivity contribution is -0.139. The second kappa shape index (κ2) is 12.1. The van der Waals surface area contributed by atoms with E-state index in [-0.39, 0.29) is 17.3 Å². The number of anilines is 1. The van der Waals surface area contributed by atoms with Gasteiger partial charge in [-0.25, -0.2) is 8.42 Å². The SMILES string of the molecule is CCNC(=O)[C@@H](C)N(Cc1ccccc1Cl)C(=O)CN(c1ccccc1)S(=O)(=O)c1ccc(C)cc1. The molecule has 0 heterocycles. The Kier molecular flexibility index (Phi) is 9.12. The zero-order chi connectivity index (χ0) is 26.3. The highest BCUT2D eigenvalue weighted by atomic mass is 35.5. The van der Waals surface area contributed by atoms with Crippen molar-refractivity contribution >= 4 is 39.1 Å². The van der Waals surface area contributed by atoms with Crippen molar-refractivity contribution in [2.75, 3.05) is 17.4 Å². The first kappa shape index (κ1) is 27.2. The summed E-state index contributed by atoms with van der Waals surface area (Å²) < 4.78 is 28.4. The largest absolute Gasteiger partial charge is 0.355 e. The second-order valence-electron chi connectivity index (χ2n) is 8.34. The normalized spacial score (nSPS) is 12.0. The average molecular weight is 528 g/mol. The molecule has 0 aliphatic rings. The van der Waals surface area contributed by atoms with E-state index in [0.29, 0.717) is 22.8 Å². The van der Waals surface area contributed by atoms with Crippen molar-refractivity contribution in [3.63, 3.8) is 0 Å². The van der Waals surface area contributed by atoms with E-state index in [1.54, 1.807) is 80.6 Å². The summed E-state index contributed by atoms with van der Waals surface area (Å²) in [6.45, 7) is 5.22. The fourth-order valence-electron chi connectivity index (χ4n) is 3.68.